The van der Waals surface area contributed by atoms with Gasteiger partial charge < -0.3 is 11.1 Å². The second-order valence-electron chi connectivity index (χ2n) is 8.38. The van der Waals surface area contributed by atoms with Crippen LogP contribution in [0, 0.1) is 26.7 Å². The lowest BCUT2D eigenvalue weighted by Crippen LogP contribution is -2.17. The van der Waals surface area contributed by atoms with Crippen LogP contribution in [0.3, 0.4) is 0 Å². The van der Waals surface area contributed by atoms with E-state index in [1.54, 1.807) is 18.2 Å². The molecule has 2 amide bonds. The minimum atomic E-state index is -0.568. The summed E-state index contributed by atoms with van der Waals surface area (Å²) in [6.45, 7) is 10.4. The van der Waals surface area contributed by atoms with Crippen LogP contribution in [0.4, 0.5) is 5.69 Å². The number of carbonyl (C=O) groups is 2. The van der Waals surface area contributed by atoms with Crippen LogP contribution >= 0.6 is 0 Å². The predicted octanol–water partition coefficient (Wildman–Crippen LogP) is 5.22. The number of hydrogen-bond donors (Lipinski definition) is 2. The summed E-state index contributed by atoms with van der Waals surface area (Å²) in [5, 5.41) is 3.04. The summed E-state index contributed by atoms with van der Waals surface area (Å²) < 4.78 is 0. The van der Waals surface area contributed by atoms with Crippen molar-refractivity contribution in [2.45, 2.75) is 41.0 Å². The van der Waals surface area contributed by atoms with Gasteiger partial charge in [-0.25, -0.2) is 0 Å². The SMILES string of the molecule is Cc1ccc(-c2c(C)c(CC(C)C)nc(C)c2NC(=O)c2cccc(C(N)=O)c2)cc1. The Kier molecular flexibility index (Phi) is 6.54. The number of pyridine rings is 1. The minimum absolute atomic E-state index is 0.296. The number of aryl methyl sites for hydroxylation is 2. The fourth-order valence-electron chi connectivity index (χ4n) is 3.67. The van der Waals surface area contributed by atoms with Gasteiger partial charge in [-0.05, 0) is 62.4 Å². The van der Waals surface area contributed by atoms with Crippen LogP contribution in [0.2, 0.25) is 0 Å². The van der Waals surface area contributed by atoms with Crippen molar-refractivity contribution in [3.8, 4) is 11.1 Å². The highest BCUT2D eigenvalue weighted by atomic mass is 16.2. The maximum absolute atomic E-state index is 13.1. The third-order valence-corrected chi connectivity index (χ3v) is 5.31. The van der Waals surface area contributed by atoms with E-state index >= 15 is 0 Å². The molecule has 5 nitrogen and oxygen atoms in total. The average molecular weight is 416 g/mol. The summed E-state index contributed by atoms with van der Waals surface area (Å²) in [6.07, 6.45) is 0.862. The fourth-order valence-corrected chi connectivity index (χ4v) is 3.67. The van der Waals surface area contributed by atoms with Crippen molar-refractivity contribution in [1.29, 1.82) is 0 Å². The molecule has 0 fully saturated rings. The maximum atomic E-state index is 13.1. The Balaban J connectivity index is 2.11. The van der Waals surface area contributed by atoms with Gasteiger partial charge in [-0.1, -0.05) is 49.7 Å². The lowest BCUT2D eigenvalue weighted by atomic mass is 9.93. The van der Waals surface area contributed by atoms with Crippen molar-refractivity contribution >= 4 is 17.5 Å². The second-order valence-corrected chi connectivity index (χ2v) is 8.38. The third-order valence-electron chi connectivity index (χ3n) is 5.31. The molecule has 0 aliphatic heterocycles. The molecule has 0 aliphatic rings. The molecule has 0 bridgehead atoms. The van der Waals surface area contributed by atoms with Crippen LogP contribution in [0.1, 0.15) is 57.1 Å². The van der Waals surface area contributed by atoms with E-state index in [0.717, 1.165) is 34.5 Å². The minimum Gasteiger partial charge on any atom is -0.366 e. The summed E-state index contributed by atoms with van der Waals surface area (Å²) in [5.74, 6) is -0.410. The Bertz CT molecular complexity index is 1130. The molecule has 0 unspecified atom stereocenters. The summed E-state index contributed by atoms with van der Waals surface area (Å²) in [4.78, 5) is 29.4. The largest absolute Gasteiger partial charge is 0.366 e. The summed E-state index contributed by atoms with van der Waals surface area (Å²) in [5.41, 5.74) is 12.7. The normalized spacial score (nSPS) is 10.9. The smallest absolute Gasteiger partial charge is 0.255 e. The van der Waals surface area contributed by atoms with Gasteiger partial charge in [0.15, 0.2) is 0 Å². The average Bonchev–Trinajstić information content (AvgIpc) is 2.72. The zero-order valence-corrected chi connectivity index (χ0v) is 18.7. The van der Waals surface area contributed by atoms with Gasteiger partial charge in [0.25, 0.3) is 5.91 Å². The Morgan fingerprint density at radius 1 is 1.00 bits per heavy atom. The van der Waals surface area contributed by atoms with Crippen molar-refractivity contribution in [3.05, 3.63) is 82.2 Å². The van der Waals surface area contributed by atoms with Gasteiger partial charge in [-0.3, -0.25) is 14.6 Å². The van der Waals surface area contributed by atoms with Gasteiger partial charge in [-0.15, -0.1) is 0 Å². The molecular formula is C26H29N3O2. The molecule has 3 rings (SSSR count). The molecular weight excluding hydrogens is 386 g/mol. The van der Waals surface area contributed by atoms with Crippen molar-refractivity contribution in [1.82, 2.24) is 4.98 Å². The van der Waals surface area contributed by atoms with E-state index in [0.29, 0.717) is 22.7 Å². The molecule has 0 spiro atoms. The number of aromatic nitrogens is 1. The molecule has 0 saturated carbocycles. The summed E-state index contributed by atoms with van der Waals surface area (Å²) in [7, 11) is 0. The van der Waals surface area contributed by atoms with Gasteiger partial charge in [0.1, 0.15) is 0 Å². The van der Waals surface area contributed by atoms with E-state index in [-0.39, 0.29) is 5.91 Å². The number of primary amides is 1. The van der Waals surface area contributed by atoms with E-state index < -0.39 is 5.91 Å². The molecule has 160 valence electrons. The van der Waals surface area contributed by atoms with Crippen LogP contribution in [0.15, 0.2) is 48.5 Å². The number of nitrogens with two attached hydrogens (primary N) is 1. The van der Waals surface area contributed by atoms with E-state index in [4.69, 9.17) is 10.7 Å². The number of rotatable bonds is 6. The number of amides is 2. The van der Waals surface area contributed by atoms with Gasteiger partial charge in [-0.2, -0.15) is 0 Å². The quantitative estimate of drug-likeness (QED) is 0.578. The fraction of sp³-hybridized carbons (Fsp3) is 0.269. The lowest BCUT2D eigenvalue weighted by molar-refractivity contribution is 0.1000. The molecule has 2 aromatic carbocycles. The monoisotopic (exact) mass is 415 g/mol. The maximum Gasteiger partial charge on any atom is 0.255 e. The molecule has 3 N–H and O–H groups in total. The van der Waals surface area contributed by atoms with Crippen LogP contribution < -0.4 is 11.1 Å². The molecule has 5 heteroatoms. The molecule has 1 aromatic heterocycles. The van der Waals surface area contributed by atoms with Crippen molar-refractivity contribution < 1.29 is 9.59 Å². The molecule has 3 aromatic rings. The Labute approximate surface area is 183 Å². The number of hydrogen-bond acceptors (Lipinski definition) is 3. The zero-order chi connectivity index (χ0) is 22.7. The van der Waals surface area contributed by atoms with E-state index in [9.17, 15) is 9.59 Å². The van der Waals surface area contributed by atoms with Crippen molar-refractivity contribution in [3.63, 3.8) is 0 Å². The number of carbonyl (C=O) groups excluding carboxylic acids is 2. The number of anilines is 1. The van der Waals surface area contributed by atoms with Gasteiger partial charge >= 0.3 is 0 Å². The van der Waals surface area contributed by atoms with Gasteiger partial charge in [0.2, 0.25) is 5.91 Å². The van der Waals surface area contributed by atoms with Crippen LogP contribution in [0.5, 0.6) is 0 Å². The third kappa shape index (κ3) is 5.00. The van der Waals surface area contributed by atoms with Crippen molar-refractivity contribution in [2.75, 3.05) is 5.32 Å². The molecule has 1 heterocycles. The van der Waals surface area contributed by atoms with Crippen LogP contribution in [-0.2, 0) is 6.42 Å². The van der Waals surface area contributed by atoms with E-state index in [2.05, 4.69) is 50.4 Å². The first-order chi connectivity index (χ1) is 14.7. The van der Waals surface area contributed by atoms with Crippen molar-refractivity contribution in [2.24, 2.45) is 11.7 Å². The number of nitrogens with one attached hydrogen (secondary N) is 1. The molecule has 0 saturated heterocycles. The van der Waals surface area contributed by atoms with Gasteiger partial charge in [0.05, 0.1) is 11.4 Å². The van der Waals surface area contributed by atoms with Gasteiger partial charge in [0, 0.05) is 22.4 Å². The van der Waals surface area contributed by atoms with Crippen LogP contribution in [0.25, 0.3) is 11.1 Å². The second kappa shape index (κ2) is 9.13. The first kappa shape index (κ1) is 22.2. The molecule has 31 heavy (non-hydrogen) atoms. The summed E-state index contributed by atoms with van der Waals surface area (Å²) >= 11 is 0. The predicted molar refractivity (Wildman–Crippen MR) is 125 cm³/mol. The Morgan fingerprint density at radius 3 is 2.26 bits per heavy atom. The molecule has 0 radical (unpaired) electrons. The highest BCUT2D eigenvalue weighted by Gasteiger charge is 2.20. The zero-order valence-electron chi connectivity index (χ0n) is 18.7. The topological polar surface area (TPSA) is 85.1 Å². The number of benzene rings is 2. The van der Waals surface area contributed by atoms with Crippen LogP contribution in [-0.4, -0.2) is 16.8 Å². The lowest BCUT2D eigenvalue weighted by Gasteiger charge is -2.20. The van der Waals surface area contributed by atoms with E-state index in [1.165, 1.54) is 11.6 Å². The highest BCUT2D eigenvalue weighted by molar-refractivity contribution is 6.08. The Morgan fingerprint density at radius 2 is 1.65 bits per heavy atom. The Hall–Kier alpha value is -3.47. The highest BCUT2D eigenvalue weighted by Crippen LogP contribution is 2.36. The van der Waals surface area contributed by atoms with E-state index in [1.807, 2.05) is 13.8 Å². The molecule has 0 atom stereocenters. The number of nitrogens with zero attached hydrogens (tertiary/aromatic N) is 1. The first-order valence-electron chi connectivity index (χ1n) is 10.5. The molecule has 0 aliphatic carbocycles. The summed E-state index contributed by atoms with van der Waals surface area (Å²) in [6, 6.07) is 14.7. The standard InChI is InChI=1S/C26H29N3O2/c1-15(2)13-22-17(4)23(19-11-9-16(3)10-12-19)24(18(5)28-22)29-26(31)21-8-6-7-20(14-21)25(27)30/h6-12,14-15H,13H2,1-5H3,(H2,27,30)(H,29,31). The first-order valence-corrected chi connectivity index (χ1v) is 10.5.